The van der Waals surface area contributed by atoms with Crippen LogP contribution in [0.4, 0.5) is 0 Å². The van der Waals surface area contributed by atoms with Crippen molar-refractivity contribution in [2.45, 2.75) is 32.5 Å². The van der Waals surface area contributed by atoms with Crippen LogP contribution in [0.1, 0.15) is 26.2 Å². The molecule has 0 aliphatic carbocycles. The lowest BCUT2D eigenvalue weighted by Crippen LogP contribution is -2.21. The first-order valence-electron chi connectivity index (χ1n) is 3.31. The average molecular weight is 163 g/mol. The highest BCUT2D eigenvalue weighted by molar-refractivity contribution is 7.80. The second kappa shape index (κ2) is 5.44. The Morgan fingerprint density at radius 1 is 1.80 bits per heavy atom. The lowest BCUT2D eigenvalue weighted by atomic mass is 10.2. The number of rotatable bonds is 4. The summed E-state index contributed by atoms with van der Waals surface area (Å²) in [5.74, 6) is 0. The third-order valence-corrected chi connectivity index (χ3v) is 1.15. The van der Waals surface area contributed by atoms with E-state index in [-0.39, 0.29) is 5.17 Å². The Kier molecular flexibility index (Phi) is 5.25. The van der Waals surface area contributed by atoms with Crippen molar-refractivity contribution in [3.63, 3.8) is 0 Å². The molecule has 0 amide bonds. The SMILES string of the molecule is CCCCC(O)OC(N)=S. The maximum atomic E-state index is 8.96. The summed E-state index contributed by atoms with van der Waals surface area (Å²) >= 11 is 4.42. The predicted molar refractivity (Wildman–Crippen MR) is 43.4 cm³/mol. The summed E-state index contributed by atoms with van der Waals surface area (Å²) in [7, 11) is 0. The number of unbranched alkanes of at least 4 members (excludes halogenated alkanes) is 1. The molecule has 4 heteroatoms. The van der Waals surface area contributed by atoms with E-state index in [1.807, 2.05) is 6.92 Å². The van der Waals surface area contributed by atoms with Gasteiger partial charge >= 0.3 is 0 Å². The third-order valence-electron chi connectivity index (χ3n) is 1.06. The summed E-state index contributed by atoms with van der Waals surface area (Å²) < 4.78 is 4.62. The van der Waals surface area contributed by atoms with Crippen LogP contribution in [0, 0.1) is 0 Å². The summed E-state index contributed by atoms with van der Waals surface area (Å²) in [6.45, 7) is 2.04. The number of thiocarbonyl (C=S) groups is 1. The van der Waals surface area contributed by atoms with E-state index in [4.69, 9.17) is 10.8 Å². The van der Waals surface area contributed by atoms with Gasteiger partial charge in [-0.05, 0) is 18.6 Å². The lowest BCUT2D eigenvalue weighted by Gasteiger charge is -2.09. The molecule has 3 nitrogen and oxygen atoms in total. The minimum atomic E-state index is -0.822. The first-order chi connectivity index (χ1) is 4.66. The Labute approximate surface area is 66.2 Å². The molecule has 0 bridgehead atoms. The molecule has 0 fully saturated rings. The van der Waals surface area contributed by atoms with Crippen molar-refractivity contribution in [2.24, 2.45) is 5.73 Å². The molecule has 0 spiro atoms. The summed E-state index contributed by atoms with van der Waals surface area (Å²) in [6.07, 6.45) is 1.72. The molecular formula is C6H13NO2S. The van der Waals surface area contributed by atoms with Gasteiger partial charge in [0.25, 0.3) is 5.17 Å². The Balaban J connectivity index is 3.25. The van der Waals surface area contributed by atoms with Gasteiger partial charge in [0.05, 0.1) is 0 Å². The quantitative estimate of drug-likeness (QED) is 0.474. The van der Waals surface area contributed by atoms with Crippen LogP contribution in [0.15, 0.2) is 0 Å². The first-order valence-corrected chi connectivity index (χ1v) is 3.71. The molecule has 0 saturated carbocycles. The molecule has 0 heterocycles. The topological polar surface area (TPSA) is 55.5 Å². The zero-order valence-electron chi connectivity index (χ0n) is 6.04. The Hall–Kier alpha value is -0.350. The molecule has 0 aliphatic heterocycles. The summed E-state index contributed by atoms with van der Waals surface area (Å²) in [6, 6.07) is 0. The highest BCUT2D eigenvalue weighted by atomic mass is 32.1. The van der Waals surface area contributed by atoms with Gasteiger partial charge in [-0.1, -0.05) is 13.3 Å². The molecular weight excluding hydrogens is 150 g/mol. The smallest absolute Gasteiger partial charge is 0.256 e. The van der Waals surface area contributed by atoms with E-state index in [0.717, 1.165) is 12.8 Å². The zero-order valence-corrected chi connectivity index (χ0v) is 6.86. The zero-order chi connectivity index (χ0) is 7.98. The van der Waals surface area contributed by atoms with E-state index in [9.17, 15) is 0 Å². The number of nitrogens with two attached hydrogens (primary N) is 1. The first kappa shape index (κ1) is 9.65. The molecule has 0 radical (unpaired) electrons. The van der Waals surface area contributed by atoms with E-state index in [1.54, 1.807) is 0 Å². The predicted octanol–water partition coefficient (Wildman–Crippen LogP) is 0.755. The van der Waals surface area contributed by atoms with E-state index in [1.165, 1.54) is 0 Å². The van der Waals surface area contributed by atoms with Crippen molar-refractivity contribution in [2.75, 3.05) is 0 Å². The van der Waals surface area contributed by atoms with E-state index in [2.05, 4.69) is 17.0 Å². The van der Waals surface area contributed by atoms with Crippen LogP contribution in [-0.2, 0) is 4.74 Å². The summed E-state index contributed by atoms with van der Waals surface area (Å²) in [4.78, 5) is 0. The van der Waals surface area contributed by atoms with Gasteiger partial charge in [-0.25, -0.2) is 0 Å². The van der Waals surface area contributed by atoms with Crippen LogP contribution < -0.4 is 5.73 Å². The van der Waals surface area contributed by atoms with E-state index >= 15 is 0 Å². The monoisotopic (exact) mass is 163 g/mol. The van der Waals surface area contributed by atoms with E-state index in [0.29, 0.717) is 6.42 Å². The van der Waals surface area contributed by atoms with Crippen molar-refractivity contribution in [3.8, 4) is 0 Å². The Bertz CT molecular complexity index is 108. The van der Waals surface area contributed by atoms with Crippen LogP contribution in [0.25, 0.3) is 0 Å². The van der Waals surface area contributed by atoms with Gasteiger partial charge in [-0.2, -0.15) is 0 Å². The van der Waals surface area contributed by atoms with Crippen molar-refractivity contribution >= 4 is 17.4 Å². The Morgan fingerprint density at radius 2 is 2.40 bits per heavy atom. The van der Waals surface area contributed by atoms with Gasteiger partial charge in [-0.3, -0.25) is 0 Å². The molecule has 0 aromatic rings. The molecule has 10 heavy (non-hydrogen) atoms. The van der Waals surface area contributed by atoms with Crippen molar-refractivity contribution in [1.82, 2.24) is 0 Å². The highest BCUT2D eigenvalue weighted by Crippen LogP contribution is 2.00. The minimum Gasteiger partial charge on any atom is -0.441 e. The number of aliphatic hydroxyl groups excluding tert-OH is 1. The molecule has 3 N–H and O–H groups in total. The number of hydrogen-bond acceptors (Lipinski definition) is 3. The van der Waals surface area contributed by atoms with E-state index < -0.39 is 6.29 Å². The van der Waals surface area contributed by atoms with Crippen molar-refractivity contribution in [1.29, 1.82) is 0 Å². The third kappa shape index (κ3) is 5.78. The fourth-order valence-corrected chi connectivity index (χ4v) is 0.683. The highest BCUT2D eigenvalue weighted by Gasteiger charge is 2.03. The second-order valence-corrected chi connectivity index (χ2v) is 2.44. The van der Waals surface area contributed by atoms with Crippen LogP contribution >= 0.6 is 12.2 Å². The van der Waals surface area contributed by atoms with Gasteiger partial charge in [0.1, 0.15) is 0 Å². The number of hydrogen-bond donors (Lipinski definition) is 2. The van der Waals surface area contributed by atoms with Gasteiger partial charge in [0, 0.05) is 6.42 Å². The molecule has 1 unspecified atom stereocenters. The van der Waals surface area contributed by atoms with Gasteiger partial charge in [0.15, 0.2) is 6.29 Å². The minimum absolute atomic E-state index is 0.0939. The molecule has 0 aromatic heterocycles. The van der Waals surface area contributed by atoms with Crippen LogP contribution in [0.5, 0.6) is 0 Å². The molecule has 0 aromatic carbocycles. The van der Waals surface area contributed by atoms with Crippen LogP contribution in [0.2, 0.25) is 0 Å². The molecule has 0 rings (SSSR count). The van der Waals surface area contributed by atoms with Gasteiger partial charge < -0.3 is 15.6 Å². The summed E-state index contributed by atoms with van der Waals surface area (Å²) in [5.41, 5.74) is 5.01. The molecule has 0 aliphatic rings. The van der Waals surface area contributed by atoms with Gasteiger partial charge in [0.2, 0.25) is 0 Å². The normalized spacial score (nSPS) is 12.6. The molecule has 1 atom stereocenters. The average Bonchev–Trinajstić information content (AvgIpc) is 1.82. The summed E-state index contributed by atoms with van der Waals surface area (Å²) in [5, 5.41) is 8.87. The largest absolute Gasteiger partial charge is 0.441 e. The fraction of sp³-hybridized carbons (Fsp3) is 0.833. The standard InChI is InChI=1S/C6H13NO2S/c1-2-3-4-5(8)9-6(7)10/h5,8H,2-4H2,1H3,(H2,7,10). The molecule has 0 saturated heterocycles. The van der Waals surface area contributed by atoms with Crippen LogP contribution in [0.3, 0.4) is 0 Å². The van der Waals surface area contributed by atoms with Crippen molar-refractivity contribution in [3.05, 3.63) is 0 Å². The molecule has 60 valence electrons. The van der Waals surface area contributed by atoms with Crippen molar-refractivity contribution < 1.29 is 9.84 Å². The lowest BCUT2D eigenvalue weighted by molar-refractivity contribution is -0.0329. The maximum Gasteiger partial charge on any atom is 0.256 e. The fourth-order valence-electron chi connectivity index (χ4n) is 0.572. The number of ether oxygens (including phenoxy) is 1. The number of aliphatic hydroxyl groups is 1. The van der Waals surface area contributed by atoms with Crippen LogP contribution in [-0.4, -0.2) is 16.6 Å². The second-order valence-electron chi connectivity index (χ2n) is 2.03. The maximum absolute atomic E-state index is 8.96. The Morgan fingerprint density at radius 3 is 2.80 bits per heavy atom. The van der Waals surface area contributed by atoms with Gasteiger partial charge in [-0.15, -0.1) is 0 Å².